The maximum absolute atomic E-state index is 12.5. The SMILES string of the molecule is CO[C@@H]1C[C@@H](C(=O)NCCCc2ncc[nH]2)CC[C@H]1Nc1cc(C)nc(N)n1. The lowest BCUT2D eigenvalue weighted by molar-refractivity contribution is -0.127. The van der Waals surface area contributed by atoms with Crippen LogP contribution in [0.3, 0.4) is 0 Å². The normalized spacial score (nSPS) is 22.0. The van der Waals surface area contributed by atoms with Crippen molar-refractivity contribution < 1.29 is 9.53 Å². The van der Waals surface area contributed by atoms with Crippen molar-refractivity contribution in [2.45, 2.75) is 51.2 Å². The summed E-state index contributed by atoms with van der Waals surface area (Å²) in [6.07, 6.45) is 7.48. The van der Waals surface area contributed by atoms with E-state index >= 15 is 0 Å². The van der Waals surface area contributed by atoms with Crippen molar-refractivity contribution >= 4 is 17.7 Å². The summed E-state index contributed by atoms with van der Waals surface area (Å²) >= 11 is 0. The zero-order chi connectivity index (χ0) is 19.9. The fraction of sp³-hybridized carbons (Fsp3) is 0.579. The number of rotatable bonds is 8. The summed E-state index contributed by atoms with van der Waals surface area (Å²) in [6.45, 7) is 2.53. The highest BCUT2D eigenvalue weighted by Crippen LogP contribution is 2.29. The maximum atomic E-state index is 12.5. The van der Waals surface area contributed by atoms with E-state index in [1.807, 2.05) is 19.2 Å². The number of imidazole rings is 1. The van der Waals surface area contributed by atoms with Gasteiger partial charge >= 0.3 is 0 Å². The number of hydrogen-bond acceptors (Lipinski definition) is 7. The van der Waals surface area contributed by atoms with Crippen LogP contribution in [0.4, 0.5) is 11.8 Å². The lowest BCUT2D eigenvalue weighted by atomic mass is 9.83. The van der Waals surface area contributed by atoms with Crippen molar-refractivity contribution in [3.05, 3.63) is 30.0 Å². The highest BCUT2D eigenvalue weighted by atomic mass is 16.5. The van der Waals surface area contributed by atoms with Crippen LogP contribution < -0.4 is 16.4 Å². The molecule has 1 fully saturated rings. The first kappa shape index (κ1) is 20.1. The third-order valence-electron chi connectivity index (χ3n) is 5.11. The zero-order valence-corrected chi connectivity index (χ0v) is 16.4. The molecule has 0 unspecified atom stereocenters. The first-order valence-electron chi connectivity index (χ1n) is 9.71. The highest BCUT2D eigenvalue weighted by Gasteiger charge is 2.34. The van der Waals surface area contributed by atoms with Gasteiger partial charge in [-0.15, -0.1) is 0 Å². The molecule has 1 saturated carbocycles. The Bertz CT molecular complexity index is 745. The Kier molecular flexibility index (Phi) is 6.80. The number of aromatic nitrogens is 4. The minimum atomic E-state index is -0.0656. The van der Waals surface area contributed by atoms with Crippen LogP contribution in [0, 0.1) is 12.8 Å². The van der Waals surface area contributed by atoms with Crippen LogP contribution in [0.15, 0.2) is 18.5 Å². The summed E-state index contributed by atoms with van der Waals surface area (Å²) in [7, 11) is 1.68. The molecular formula is C19H29N7O2. The van der Waals surface area contributed by atoms with Crippen molar-refractivity contribution in [2.24, 2.45) is 5.92 Å². The van der Waals surface area contributed by atoms with Crippen molar-refractivity contribution in [1.29, 1.82) is 0 Å². The number of nitrogen functional groups attached to an aromatic ring is 1. The van der Waals surface area contributed by atoms with Gasteiger partial charge in [0.15, 0.2) is 0 Å². The number of methoxy groups -OCH3 is 1. The van der Waals surface area contributed by atoms with Gasteiger partial charge in [0.05, 0.1) is 12.1 Å². The maximum Gasteiger partial charge on any atom is 0.223 e. The second kappa shape index (κ2) is 9.50. The van der Waals surface area contributed by atoms with E-state index in [0.717, 1.165) is 37.2 Å². The Morgan fingerprint density at radius 1 is 1.39 bits per heavy atom. The molecule has 0 aliphatic heterocycles. The van der Waals surface area contributed by atoms with E-state index in [-0.39, 0.29) is 29.9 Å². The van der Waals surface area contributed by atoms with Crippen molar-refractivity contribution in [2.75, 3.05) is 24.7 Å². The van der Waals surface area contributed by atoms with E-state index in [2.05, 4.69) is 30.6 Å². The summed E-state index contributed by atoms with van der Waals surface area (Å²) in [5.41, 5.74) is 6.54. The lowest BCUT2D eigenvalue weighted by Gasteiger charge is -2.35. The van der Waals surface area contributed by atoms with Gasteiger partial charge in [-0.3, -0.25) is 4.79 Å². The third-order valence-corrected chi connectivity index (χ3v) is 5.11. The van der Waals surface area contributed by atoms with E-state index in [1.54, 1.807) is 13.3 Å². The minimum absolute atomic E-state index is 0.0381. The van der Waals surface area contributed by atoms with Crippen LogP contribution in [0.2, 0.25) is 0 Å². The van der Waals surface area contributed by atoms with E-state index in [1.165, 1.54) is 0 Å². The number of ether oxygens (including phenoxy) is 1. The highest BCUT2D eigenvalue weighted by molar-refractivity contribution is 5.78. The standard InChI is InChI=1S/C19H29N7O2/c1-12-10-17(26-19(20)24-12)25-14-6-5-13(11-15(14)28-2)18(27)23-7-3-4-16-21-8-9-22-16/h8-10,13-15H,3-7,11H2,1-2H3,(H,21,22)(H,23,27)(H3,20,24,25,26)/t13-,14+,15+/m0/s1. The van der Waals surface area contributed by atoms with E-state index in [9.17, 15) is 4.79 Å². The van der Waals surface area contributed by atoms with Gasteiger partial charge in [-0.05, 0) is 32.6 Å². The topological polar surface area (TPSA) is 131 Å². The van der Waals surface area contributed by atoms with Crippen LogP contribution in [-0.2, 0) is 16.0 Å². The Morgan fingerprint density at radius 3 is 2.96 bits per heavy atom. The number of H-pyrrole nitrogens is 1. The lowest BCUT2D eigenvalue weighted by Crippen LogP contribution is -2.45. The minimum Gasteiger partial charge on any atom is -0.379 e. The average Bonchev–Trinajstić information content (AvgIpc) is 3.18. The van der Waals surface area contributed by atoms with Gasteiger partial charge in [0, 0.05) is 50.1 Å². The molecule has 2 heterocycles. The van der Waals surface area contributed by atoms with Crippen LogP contribution in [0.25, 0.3) is 0 Å². The molecule has 9 nitrogen and oxygen atoms in total. The van der Waals surface area contributed by atoms with Crippen molar-refractivity contribution in [3.63, 3.8) is 0 Å². The number of carbonyl (C=O) groups excluding carboxylic acids is 1. The molecule has 9 heteroatoms. The number of nitrogens with zero attached hydrogens (tertiary/aromatic N) is 3. The van der Waals surface area contributed by atoms with Crippen molar-refractivity contribution in [1.82, 2.24) is 25.3 Å². The first-order valence-corrected chi connectivity index (χ1v) is 9.71. The monoisotopic (exact) mass is 387 g/mol. The Morgan fingerprint density at radius 2 is 2.25 bits per heavy atom. The first-order chi connectivity index (χ1) is 13.5. The molecule has 5 N–H and O–H groups in total. The Hall–Kier alpha value is -2.68. The molecule has 0 bridgehead atoms. The number of amides is 1. The largest absolute Gasteiger partial charge is 0.379 e. The Balaban J connectivity index is 1.47. The number of aromatic amines is 1. The molecule has 0 radical (unpaired) electrons. The molecule has 0 spiro atoms. The van der Waals surface area contributed by atoms with E-state index in [4.69, 9.17) is 10.5 Å². The average molecular weight is 387 g/mol. The fourth-order valence-electron chi connectivity index (χ4n) is 3.69. The number of nitrogens with two attached hydrogens (primary N) is 1. The number of hydrogen-bond donors (Lipinski definition) is 4. The molecule has 28 heavy (non-hydrogen) atoms. The number of nitrogens with one attached hydrogen (secondary N) is 3. The van der Waals surface area contributed by atoms with Gasteiger partial charge in [-0.1, -0.05) is 0 Å². The zero-order valence-electron chi connectivity index (χ0n) is 16.4. The summed E-state index contributed by atoms with van der Waals surface area (Å²) in [6, 6.07) is 1.95. The van der Waals surface area contributed by atoms with Gasteiger partial charge < -0.3 is 26.1 Å². The molecule has 1 aliphatic rings. The second-order valence-corrected chi connectivity index (χ2v) is 7.22. The van der Waals surface area contributed by atoms with Crippen molar-refractivity contribution in [3.8, 4) is 0 Å². The molecule has 1 amide bonds. The number of aryl methyl sites for hydroxylation is 2. The van der Waals surface area contributed by atoms with E-state index < -0.39 is 0 Å². The molecule has 152 valence electrons. The summed E-state index contributed by atoms with van der Waals surface area (Å²) in [4.78, 5) is 28.1. The molecular weight excluding hydrogens is 358 g/mol. The molecule has 1 aliphatic carbocycles. The van der Waals surface area contributed by atoms with Gasteiger partial charge in [-0.2, -0.15) is 4.98 Å². The number of carbonyl (C=O) groups is 1. The molecule has 0 aromatic carbocycles. The molecule has 3 rings (SSSR count). The fourth-order valence-corrected chi connectivity index (χ4v) is 3.69. The summed E-state index contributed by atoms with van der Waals surface area (Å²) in [5, 5.41) is 6.44. The van der Waals surface area contributed by atoms with Crippen LogP contribution >= 0.6 is 0 Å². The van der Waals surface area contributed by atoms with Gasteiger partial charge in [-0.25, -0.2) is 9.97 Å². The van der Waals surface area contributed by atoms with Crippen LogP contribution in [-0.4, -0.2) is 51.6 Å². The second-order valence-electron chi connectivity index (χ2n) is 7.22. The van der Waals surface area contributed by atoms with E-state index in [0.29, 0.717) is 18.8 Å². The predicted molar refractivity (Wildman–Crippen MR) is 107 cm³/mol. The predicted octanol–water partition coefficient (Wildman–Crippen LogP) is 1.43. The van der Waals surface area contributed by atoms with Gasteiger partial charge in [0.1, 0.15) is 11.6 Å². The quantitative estimate of drug-likeness (QED) is 0.504. The van der Waals surface area contributed by atoms with Gasteiger partial charge in [0.25, 0.3) is 0 Å². The molecule has 0 saturated heterocycles. The Labute approximate surface area is 164 Å². The van der Waals surface area contributed by atoms with Crippen LogP contribution in [0.1, 0.15) is 37.2 Å². The molecule has 2 aromatic heterocycles. The molecule has 3 atom stereocenters. The number of anilines is 2. The van der Waals surface area contributed by atoms with Gasteiger partial charge in [0.2, 0.25) is 11.9 Å². The van der Waals surface area contributed by atoms with Crippen LogP contribution in [0.5, 0.6) is 0 Å². The summed E-state index contributed by atoms with van der Waals surface area (Å²) in [5.74, 6) is 1.95. The third kappa shape index (κ3) is 5.41. The summed E-state index contributed by atoms with van der Waals surface area (Å²) < 4.78 is 5.66. The molecule has 2 aromatic rings. The smallest absolute Gasteiger partial charge is 0.223 e.